The van der Waals surface area contributed by atoms with Crippen LogP contribution in [0, 0.1) is 0 Å². The SMILES string of the molecule is C[Si](C)(C)ON=C(CCCC(=O)c1ccccc1)c1ccccc1. The summed E-state index contributed by atoms with van der Waals surface area (Å²) in [6, 6.07) is 19.5. The van der Waals surface area contributed by atoms with Gasteiger partial charge in [0.1, 0.15) is 0 Å². The lowest BCUT2D eigenvalue weighted by molar-refractivity contribution is 0.0980. The highest BCUT2D eigenvalue weighted by Crippen LogP contribution is 2.13. The Morgan fingerprint density at radius 3 is 1.96 bits per heavy atom. The molecule has 0 aliphatic heterocycles. The Balaban J connectivity index is 2.00. The number of oxime groups is 1. The van der Waals surface area contributed by atoms with Gasteiger partial charge in [-0.1, -0.05) is 60.7 Å². The van der Waals surface area contributed by atoms with Crippen molar-refractivity contribution in [3.05, 3.63) is 71.8 Å². The van der Waals surface area contributed by atoms with Crippen LogP contribution < -0.4 is 0 Å². The molecule has 0 N–H and O–H groups in total. The summed E-state index contributed by atoms with van der Waals surface area (Å²) in [4.78, 5) is 12.2. The van der Waals surface area contributed by atoms with Gasteiger partial charge in [-0.2, -0.15) is 0 Å². The van der Waals surface area contributed by atoms with E-state index in [9.17, 15) is 4.79 Å². The van der Waals surface area contributed by atoms with Crippen molar-refractivity contribution in [1.82, 2.24) is 0 Å². The smallest absolute Gasteiger partial charge is 0.278 e. The lowest BCUT2D eigenvalue weighted by atomic mass is 10.0. The maximum atomic E-state index is 12.2. The monoisotopic (exact) mass is 339 g/mol. The first-order valence-corrected chi connectivity index (χ1v) is 11.8. The normalized spacial score (nSPS) is 12.0. The highest BCUT2D eigenvalue weighted by atomic mass is 28.4. The van der Waals surface area contributed by atoms with E-state index in [1.54, 1.807) is 0 Å². The van der Waals surface area contributed by atoms with Crippen LogP contribution in [0.1, 0.15) is 35.2 Å². The van der Waals surface area contributed by atoms with Crippen LogP contribution in [-0.2, 0) is 4.53 Å². The molecule has 2 rings (SSSR count). The van der Waals surface area contributed by atoms with Crippen molar-refractivity contribution >= 4 is 19.8 Å². The molecule has 2 aromatic carbocycles. The van der Waals surface area contributed by atoms with E-state index in [4.69, 9.17) is 4.53 Å². The van der Waals surface area contributed by atoms with Crippen LogP contribution in [0.3, 0.4) is 0 Å². The van der Waals surface area contributed by atoms with E-state index in [0.29, 0.717) is 6.42 Å². The summed E-state index contributed by atoms with van der Waals surface area (Å²) in [5, 5.41) is 4.40. The fraction of sp³-hybridized carbons (Fsp3) is 0.300. The van der Waals surface area contributed by atoms with E-state index in [-0.39, 0.29) is 5.78 Å². The van der Waals surface area contributed by atoms with Gasteiger partial charge in [0.15, 0.2) is 5.78 Å². The summed E-state index contributed by atoms with van der Waals surface area (Å²) in [6.07, 6.45) is 2.01. The number of nitrogens with zero attached hydrogens (tertiary/aromatic N) is 1. The Labute approximate surface area is 145 Å². The minimum absolute atomic E-state index is 0.175. The maximum absolute atomic E-state index is 12.2. The minimum Gasteiger partial charge on any atom is -0.455 e. The van der Waals surface area contributed by atoms with Gasteiger partial charge in [0, 0.05) is 12.0 Å². The number of carbonyl (C=O) groups excluding carboxylic acids is 1. The zero-order valence-corrected chi connectivity index (χ0v) is 15.7. The molecule has 0 amide bonds. The molecule has 0 fully saturated rings. The van der Waals surface area contributed by atoms with Gasteiger partial charge in [-0.15, -0.1) is 5.16 Å². The van der Waals surface area contributed by atoms with Gasteiger partial charge in [0.25, 0.3) is 8.32 Å². The molecule has 24 heavy (non-hydrogen) atoms. The van der Waals surface area contributed by atoms with Crippen molar-refractivity contribution in [2.24, 2.45) is 5.16 Å². The second-order valence-electron chi connectivity index (χ2n) is 6.75. The number of benzene rings is 2. The van der Waals surface area contributed by atoms with Gasteiger partial charge in [0.05, 0.1) is 5.71 Å². The molecular formula is C20H25NO2Si. The van der Waals surface area contributed by atoms with Gasteiger partial charge in [-0.05, 0) is 38.0 Å². The van der Waals surface area contributed by atoms with E-state index in [2.05, 4.69) is 24.8 Å². The topological polar surface area (TPSA) is 38.7 Å². The minimum atomic E-state index is -1.72. The summed E-state index contributed by atoms with van der Waals surface area (Å²) >= 11 is 0. The molecule has 0 bridgehead atoms. The zero-order chi connectivity index (χ0) is 17.4. The Bertz CT molecular complexity index is 676. The van der Waals surface area contributed by atoms with Crippen molar-refractivity contribution in [3.8, 4) is 0 Å². The van der Waals surface area contributed by atoms with Crippen molar-refractivity contribution < 1.29 is 9.32 Å². The molecule has 0 aliphatic carbocycles. The molecule has 0 heterocycles. The Kier molecular flexibility index (Phi) is 6.50. The van der Waals surface area contributed by atoms with Crippen LogP contribution in [0.4, 0.5) is 0 Å². The van der Waals surface area contributed by atoms with Gasteiger partial charge >= 0.3 is 0 Å². The first kappa shape index (κ1) is 18.1. The van der Waals surface area contributed by atoms with E-state index in [0.717, 1.165) is 29.7 Å². The molecule has 2 aromatic rings. The molecule has 0 atom stereocenters. The van der Waals surface area contributed by atoms with Crippen LogP contribution in [0.5, 0.6) is 0 Å². The van der Waals surface area contributed by atoms with Crippen LogP contribution in [0.2, 0.25) is 19.6 Å². The number of carbonyl (C=O) groups is 1. The summed E-state index contributed by atoms with van der Waals surface area (Å²) in [6.45, 7) is 6.33. The average molecular weight is 340 g/mol. The van der Waals surface area contributed by atoms with Crippen molar-refractivity contribution in [2.75, 3.05) is 0 Å². The molecule has 0 aliphatic rings. The fourth-order valence-electron chi connectivity index (χ4n) is 2.25. The van der Waals surface area contributed by atoms with E-state index >= 15 is 0 Å². The van der Waals surface area contributed by atoms with E-state index < -0.39 is 8.32 Å². The van der Waals surface area contributed by atoms with Crippen molar-refractivity contribution in [1.29, 1.82) is 0 Å². The summed E-state index contributed by atoms with van der Waals surface area (Å²) in [7, 11) is -1.72. The lowest BCUT2D eigenvalue weighted by Gasteiger charge is -2.15. The molecule has 4 heteroatoms. The second-order valence-corrected chi connectivity index (χ2v) is 11.2. The molecular weight excluding hydrogens is 314 g/mol. The number of hydrogen-bond acceptors (Lipinski definition) is 3. The van der Waals surface area contributed by atoms with Gasteiger partial charge in [-0.3, -0.25) is 4.79 Å². The highest BCUT2D eigenvalue weighted by molar-refractivity contribution is 6.69. The second kappa shape index (κ2) is 8.59. The summed E-state index contributed by atoms with van der Waals surface area (Å²) in [5.41, 5.74) is 2.75. The zero-order valence-electron chi connectivity index (χ0n) is 14.7. The third-order valence-corrected chi connectivity index (χ3v) is 4.09. The molecule has 0 aromatic heterocycles. The molecule has 0 radical (unpaired) electrons. The van der Waals surface area contributed by atoms with E-state index in [1.165, 1.54) is 0 Å². The van der Waals surface area contributed by atoms with Crippen molar-refractivity contribution in [2.45, 2.75) is 38.9 Å². The fourth-order valence-corrected chi connectivity index (χ4v) is 2.63. The number of ketones is 1. The number of rotatable bonds is 8. The van der Waals surface area contributed by atoms with Gasteiger partial charge in [-0.25, -0.2) is 0 Å². The molecule has 0 spiro atoms. The average Bonchev–Trinajstić information content (AvgIpc) is 2.58. The summed E-state index contributed by atoms with van der Waals surface area (Å²) < 4.78 is 5.73. The Hall–Kier alpha value is -2.20. The quantitative estimate of drug-likeness (QED) is 0.283. The molecule has 0 unspecified atom stereocenters. The third kappa shape index (κ3) is 6.12. The van der Waals surface area contributed by atoms with Crippen LogP contribution in [0.15, 0.2) is 65.8 Å². The molecule has 0 saturated carbocycles. The van der Waals surface area contributed by atoms with Gasteiger partial charge < -0.3 is 4.53 Å². The molecule has 0 saturated heterocycles. The van der Waals surface area contributed by atoms with Gasteiger partial charge in [0.2, 0.25) is 0 Å². The number of Topliss-reactive ketones (excluding diaryl/α,β-unsaturated/α-hetero) is 1. The number of hydrogen-bond donors (Lipinski definition) is 0. The Morgan fingerprint density at radius 2 is 1.42 bits per heavy atom. The van der Waals surface area contributed by atoms with E-state index in [1.807, 2.05) is 60.7 Å². The van der Waals surface area contributed by atoms with Crippen molar-refractivity contribution in [3.63, 3.8) is 0 Å². The third-order valence-electron chi connectivity index (χ3n) is 3.45. The highest BCUT2D eigenvalue weighted by Gasteiger charge is 2.17. The van der Waals surface area contributed by atoms with Crippen LogP contribution in [0.25, 0.3) is 0 Å². The molecule has 126 valence electrons. The first-order valence-electron chi connectivity index (χ1n) is 8.34. The maximum Gasteiger partial charge on any atom is 0.278 e. The predicted molar refractivity (Wildman–Crippen MR) is 102 cm³/mol. The largest absolute Gasteiger partial charge is 0.455 e. The Morgan fingerprint density at radius 1 is 0.875 bits per heavy atom. The van der Waals surface area contributed by atoms with Crippen LogP contribution in [-0.4, -0.2) is 19.8 Å². The molecule has 3 nitrogen and oxygen atoms in total. The lowest BCUT2D eigenvalue weighted by Crippen LogP contribution is -2.23. The predicted octanol–water partition coefficient (Wildman–Crippen LogP) is 5.30. The van der Waals surface area contributed by atoms with Crippen LogP contribution >= 0.6 is 0 Å². The summed E-state index contributed by atoms with van der Waals surface area (Å²) in [5.74, 6) is 0.175. The first-order chi connectivity index (χ1) is 11.5. The standard InChI is InChI=1S/C20H25NO2Si/c1-24(2,3)23-21-19(17-11-6-4-7-12-17)15-10-16-20(22)18-13-8-5-9-14-18/h4-9,11-14H,10,15-16H2,1-3H3.